The molecule has 1 saturated heterocycles. The van der Waals surface area contributed by atoms with Crippen molar-refractivity contribution in [2.75, 3.05) is 13.1 Å². The molecule has 0 unspecified atom stereocenters. The number of nitrogens with zero attached hydrogens (tertiary/aromatic N) is 3. The Bertz CT molecular complexity index is 1040. The molecule has 0 atom stereocenters. The minimum atomic E-state index is -0.631. The van der Waals surface area contributed by atoms with Gasteiger partial charge in [0.2, 0.25) is 0 Å². The number of benzene rings is 2. The summed E-state index contributed by atoms with van der Waals surface area (Å²) in [6, 6.07) is 10.4. The lowest BCUT2D eigenvalue weighted by molar-refractivity contribution is 0.265. The number of hydrazine groups is 1. The quantitative estimate of drug-likeness (QED) is 0.609. The van der Waals surface area contributed by atoms with E-state index in [1.807, 2.05) is 12.1 Å². The first-order valence-electron chi connectivity index (χ1n) is 8.86. The zero-order valence-corrected chi connectivity index (χ0v) is 14.9. The summed E-state index contributed by atoms with van der Waals surface area (Å²) < 4.78 is 29.7. The van der Waals surface area contributed by atoms with Crippen molar-refractivity contribution in [3.63, 3.8) is 0 Å². The zero-order chi connectivity index (χ0) is 19.7. The Balaban J connectivity index is 1.67. The summed E-state index contributed by atoms with van der Waals surface area (Å²) in [4.78, 5) is 12.8. The normalized spacial score (nSPS) is 14.7. The van der Waals surface area contributed by atoms with E-state index in [1.165, 1.54) is 0 Å². The van der Waals surface area contributed by atoms with Gasteiger partial charge in [0, 0.05) is 24.6 Å². The Morgan fingerprint density at radius 2 is 1.82 bits per heavy atom. The van der Waals surface area contributed by atoms with Crippen LogP contribution in [0.4, 0.5) is 8.78 Å². The first kappa shape index (κ1) is 18.5. The van der Waals surface area contributed by atoms with Crippen molar-refractivity contribution in [2.24, 2.45) is 0 Å². The molecule has 2 aromatic carbocycles. The van der Waals surface area contributed by atoms with Gasteiger partial charge in [0.25, 0.3) is 0 Å². The summed E-state index contributed by atoms with van der Waals surface area (Å²) in [5.74, 6) is -0.823. The second-order valence-corrected chi connectivity index (χ2v) is 6.64. The van der Waals surface area contributed by atoms with Crippen molar-refractivity contribution in [1.29, 1.82) is 0 Å². The molecule has 0 bridgehead atoms. The average Bonchev–Trinajstić information content (AvgIpc) is 3.34. The molecule has 146 valence electrons. The van der Waals surface area contributed by atoms with Gasteiger partial charge in [0.1, 0.15) is 18.2 Å². The molecule has 4 rings (SSSR count). The van der Waals surface area contributed by atoms with Crippen LogP contribution in [0.15, 0.2) is 47.3 Å². The maximum absolute atomic E-state index is 14.0. The van der Waals surface area contributed by atoms with Crippen LogP contribution in [0.3, 0.4) is 0 Å². The van der Waals surface area contributed by atoms with Gasteiger partial charge in [-0.1, -0.05) is 12.1 Å². The van der Waals surface area contributed by atoms with Crippen molar-refractivity contribution >= 4 is 0 Å². The highest BCUT2D eigenvalue weighted by atomic mass is 19.1. The second kappa shape index (κ2) is 7.63. The van der Waals surface area contributed by atoms with Crippen LogP contribution in [0.25, 0.3) is 5.69 Å². The van der Waals surface area contributed by atoms with Crippen LogP contribution < -0.4 is 16.5 Å². The maximum atomic E-state index is 14.0. The summed E-state index contributed by atoms with van der Waals surface area (Å²) in [6.07, 6.45) is 0. The molecule has 28 heavy (non-hydrogen) atoms. The van der Waals surface area contributed by atoms with Crippen LogP contribution in [-0.4, -0.2) is 32.5 Å². The molecule has 0 spiro atoms. The molecule has 1 aliphatic heterocycles. The van der Waals surface area contributed by atoms with Crippen molar-refractivity contribution in [3.05, 3.63) is 81.5 Å². The number of nitrogens with one attached hydrogen (secondary N) is 2. The highest BCUT2D eigenvalue weighted by Gasteiger charge is 2.18. The van der Waals surface area contributed by atoms with Crippen molar-refractivity contribution < 1.29 is 13.9 Å². The van der Waals surface area contributed by atoms with Gasteiger partial charge in [-0.3, -0.25) is 15.4 Å². The van der Waals surface area contributed by atoms with Crippen molar-refractivity contribution in [1.82, 2.24) is 25.2 Å². The van der Waals surface area contributed by atoms with E-state index in [0.717, 1.165) is 46.1 Å². The molecule has 0 radical (unpaired) electrons. The first-order chi connectivity index (χ1) is 13.6. The predicted molar refractivity (Wildman–Crippen MR) is 98.0 cm³/mol. The molecular weight excluding hydrogens is 368 g/mol. The smallest absolute Gasteiger partial charge is 0.351 e. The van der Waals surface area contributed by atoms with E-state index in [0.29, 0.717) is 11.6 Å². The Morgan fingerprint density at radius 1 is 1.11 bits per heavy atom. The van der Waals surface area contributed by atoms with Crippen LogP contribution in [0.1, 0.15) is 22.9 Å². The Labute approximate surface area is 159 Å². The largest absolute Gasteiger partial charge is 0.388 e. The van der Waals surface area contributed by atoms with Gasteiger partial charge in [-0.2, -0.15) is 4.68 Å². The number of hydrogen-bond donors (Lipinski definition) is 3. The fourth-order valence-corrected chi connectivity index (χ4v) is 3.30. The van der Waals surface area contributed by atoms with Gasteiger partial charge >= 0.3 is 5.69 Å². The van der Waals surface area contributed by atoms with E-state index in [1.54, 1.807) is 12.1 Å². The number of aliphatic hydroxyl groups is 1. The van der Waals surface area contributed by atoms with Crippen LogP contribution in [-0.2, 0) is 13.2 Å². The molecule has 2 heterocycles. The van der Waals surface area contributed by atoms with E-state index in [2.05, 4.69) is 16.0 Å². The van der Waals surface area contributed by atoms with Crippen LogP contribution in [0.2, 0.25) is 0 Å². The molecule has 1 fully saturated rings. The summed E-state index contributed by atoms with van der Waals surface area (Å²) in [5, 5.41) is 13.7. The molecule has 3 N–H and O–H groups in total. The third-order valence-corrected chi connectivity index (χ3v) is 4.85. The Kier molecular flexibility index (Phi) is 5.03. The van der Waals surface area contributed by atoms with Crippen LogP contribution in [0.5, 0.6) is 0 Å². The number of aromatic nitrogens is 3. The topological polar surface area (TPSA) is 84.1 Å². The van der Waals surface area contributed by atoms with Gasteiger partial charge in [0.05, 0.1) is 12.2 Å². The van der Waals surface area contributed by atoms with Gasteiger partial charge in [-0.15, -0.1) is 5.10 Å². The third-order valence-electron chi connectivity index (χ3n) is 4.85. The highest BCUT2D eigenvalue weighted by molar-refractivity contribution is 5.35. The number of rotatable bonds is 5. The predicted octanol–water partition coefficient (Wildman–Crippen LogP) is 1.04. The van der Waals surface area contributed by atoms with Crippen molar-refractivity contribution in [2.45, 2.75) is 19.1 Å². The van der Waals surface area contributed by atoms with E-state index < -0.39 is 23.9 Å². The van der Waals surface area contributed by atoms with Crippen LogP contribution >= 0.6 is 0 Å². The van der Waals surface area contributed by atoms with E-state index in [9.17, 15) is 18.7 Å². The Hall–Kier alpha value is -2.88. The summed E-state index contributed by atoms with van der Waals surface area (Å²) in [6.45, 7) is 0.913. The van der Waals surface area contributed by atoms with E-state index >= 15 is 0 Å². The number of hydrogen-bond acceptors (Lipinski definition) is 5. The van der Waals surface area contributed by atoms with Gasteiger partial charge in [-0.05, 0) is 35.9 Å². The fourth-order valence-electron chi connectivity index (χ4n) is 3.30. The lowest BCUT2D eigenvalue weighted by atomic mass is 10.0. The molecule has 0 amide bonds. The standard InChI is InChI=1S/C19H19F2N5O2/c20-15-3-6-17(21)13(7-15)10-25-18(11-27)24-26(19(25)28)16-4-1-12(2-5-16)14-8-22-23-9-14/h1-7,14,22-23,27H,8-11H2. The molecule has 3 aromatic rings. The first-order valence-corrected chi connectivity index (χ1v) is 8.86. The van der Waals surface area contributed by atoms with E-state index in [4.69, 9.17) is 0 Å². The molecule has 1 aromatic heterocycles. The Morgan fingerprint density at radius 3 is 2.50 bits per heavy atom. The second-order valence-electron chi connectivity index (χ2n) is 6.64. The van der Waals surface area contributed by atoms with E-state index in [-0.39, 0.29) is 17.9 Å². The number of aliphatic hydroxyl groups excluding tert-OH is 1. The lowest BCUT2D eigenvalue weighted by Gasteiger charge is -2.08. The highest BCUT2D eigenvalue weighted by Crippen LogP contribution is 2.18. The molecule has 0 saturated carbocycles. The molecule has 9 heteroatoms. The van der Waals surface area contributed by atoms with Crippen molar-refractivity contribution in [3.8, 4) is 5.69 Å². The van der Waals surface area contributed by atoms with Gasteiger partial charge in [0.15, 0.2) is 5.82 Å². The maximum Gasteiger partial charge on any atom is 0.351 e. The summed E-state index contributed by atoms with van der Waals surface area (Å²) in [7, 11) is 0. The molecule has 1 aliphatic rings. The third kappa shape index (κ3) is 3.47. The van der Waals surface area contributed by atoms with Crippen LogP contribution in [0, 0.1) is 11.6 Å². The monoisotopic (exact) mass is 387 g/mol. The molecule has 0 aliphatic carbocycles. The summed E-state index contributed by atoms with van der Waals surface area (Å²) in [5.41, 5.74) is 7.26. The fraction of sp³-hybridized carbons (Fsp3) is 0.263. The number of halogens is 2. The average molecular weight is 387 g/mol. The zero-order valence-electron chi connectivity index (χ0n) is 14.9. The molecule has 7 nitrogen and oxygen atoms in total. The van der Waals surface area contributed by atoms with Gasteiger partial charge in [-0.25, -0.2) is 13.6 Å². The SMILES string of the molecule is O=c1n(-c2ccc(C3CNNC3)cc2)nc(CO)n1Cc1cc(F)ccc1F. The minimum Gasteiger partial charge on any atom is -0.388 e. The molecular formula is C19H19F2N5O2. The minimum absolute atomic E-state index is 0.00734. The summed E-state index contributed by atoms with van der Waals surface area (Å²) >= 11 is 0. The van der Waals surface area contributed by atoms with Gasteiger partial charge < -0.3 is 5.11 Å². The lowest BCUT2D eigenvalue weighted by Crippen LogP contribution is -2.25.